The molecule has 0 amide bonds. The molecule has 1 aliphatic rings. The second-order valence-electron chi connectivity index (χ2n) is 5.52. The molecular weight excluding hydrogens is 372 g/mol. The zero-order valence-corrected chi connectivity index (χ0v) is 15.6. The zero-order chi connectivity index (χ0) is 18.4. The van der Waals surface area contributed by atoms with Gasteiger partial charge in [-0.1, -0.05) is 18.2 Å². The lowest BCUT2D eigenvalue weighted by Gasteiger charge is -2.18. The third-order valence-corrected chi connectivity index (χ3v) is 6.22. The average Bonchev–Trinajstić information content (AvgIpc) is 2.67. The van der Waals surface area contributed by atoms with Crippen molar-refractivity contribution in [2.75, 3.05) is 25.5 Å². The first-order valence-electron chi connectivity index (χ1n) is 8.05. The minimum absolute atomic E-state index is 0.154. The third-order valence-electron chi connectivity index (χ3n) is 3.76. The van der Waals surface area contributed by atoms with Crippen LogP contribution in [0.5, 0.6) is 11.5 Å². The fraction of sp³-hybridized carbons (Fsp3) is 0.278. The molecule has 136 valence electrons. The first-order chi connectivity index (χ1) is 12.6. The van der Waals surface area contributed by atoms with Gasteiger partial charge in [-0.25, -0.2) is 13.1 Å². The van der Waals surface area contributed by atoms with Gasteiger partial charge in [-0.15, -0.1) is 0 Å². The van der Waals surface area contributed by atoms with Crippen LogP contribution in [0.4, 0.5) is 0 Å². The number of rotatable bonds is 7. The molecule has 0 spiro atoms. The lowest BCUT2D eigenvalue weighted by molar-refractivity contribution is 0.171. The van der Waals surface area contributed by atoms with E-state index in [9.17, 15) is 8.42 Å². The molecule has 0 fully saturated rings. The maximum absolute atomic E-state index is 12.4. The van der Waals surface area contributed by atoms with Gasteiger partial charge in [-0.3, -0.25) is 0 Å². The number of ether oxygens (including phenoxy) is 2. The fourth-order valence-electron chi connectivity index (χ4n) is 2.46. The molecule has 0 aliphatic carbocycles. The number of fused-ring (bicyclic) bond motifs is 1. The van der Waals surface area contributed by atoms with Crippen molar-refractivity contribution in [1.29, 1.82) is 5.26 Å². The molecule has 0 radical (unpaired) electrons. The number of nitrogens with zero attached hydrogens (tertiary/aromatic N) is 1. The molecule has 0 bridgehead atoms. The quantitative estimate of drug-likeness (QED) is 0.731. The summed E-state index contributed by atoms with van der Waals surface area (Å²) in [6, 6.07) is 14.2. The molecule has 0 unspecified atom stereocenters. The van der Waals surface area contributed by atoms with E-state index >= 15 is 0 Å². The first kappa shape index (κ1) is 18.6. The van der Waals surface area contributed by atoms with E-state index in [1.54, 1.807) is 23.9 Å². The summed E-state index contributed by atoms with van der Waals surface area (Å²) in [5.41, 5.74) is 1.60. The van der Waals surface area contributed by atoms with E-state index in [2.05, 4.69) is 10.8 Å². The lowest BCUT2D eigenvalue weighted by atomic mass is 10.1. The summed E-state index contributed by atoms with van der Waals surface area (Å²) in [4.78, 5) is 0.154. The molecular formula is C18H18N2O4S2. The van der Waals surface area contributed by atoms with Gasteiger partial charge >= 0.3 is 0 Å². The van der Waals surface area contributed by atoms with Crippen LogP contribution in [-0.4, -0.2) is 33.9 Å². The largest absolute Gasteiger partial charge is 0.486 e. The van der Waals surface area contributed by atoms with Gasteiger partial charge in [0.05, 0.1) is 16.5 Å². The van der Waals surface area contributed by atoms with E-state index in [4.69, 9.17) is 14.7 Å². The molecule has 2 aromatic rings. The number of nitrogens with one attached hydrogen (secondary N) is 1. The highest BCUT2D eigenvalue weighted by Crippen LogP contribution is 2.32. The smallest absolute Gasteiger partial charge is 0.240 e. The van der Waals surface area contributed by atoms with Crippen LogP contribution < -0.4 is 14.2 Å². The van der Waals surface area contributed by atoms with E-state index < -0.39 is 10.0 Å². The summed E-state index contributed by atoms with van der Waals surface area (Å²) in [5, 5.41) is 9.07. The number of sulfonamides is 1. The van der Waals surface area contributed by atoms with E-state index in [0.29, 0.717) is 48.3 Å². The number of hydrogen-bond donors (Lipinski definition) is 1. The van der Waals surface area contributed by atoms with Crippen molar-refractivity contribution >= 4 is 21.8 Å². The summed E-state index contributed by atoms with van der Waals surface area (Å²) in [7, 11) is -3.60. The Kier molecular flexibility index (Phi) is 6.04. The Morgan fingerprint density at radius 2 is 1.88 bits per heavy atom. The van der Waals surface area contributed by atoms with Gasteiger partial charge in [0.1, 0.15) is 13.2 Å². The second kappa shape index (κ2) is 8.45. The van der Waals surface area contributed by atoms with E-state index in [1.165, 1.54) is 12.1 Å². The summed E-state index contributed by atoms with van der Waals surface area (Å²) in [6.07, 6.45) is 0. The van der Waals surface area contributed by atoms with Crippen LogP contribution in [0.15, 0.2) is 47.4 Å². The third kappa shape index (κ3) is 4.49. The molecule has 2 aromatic carbocycles. The maximum atomic E-state index is 12.4. The summed E-state index contributed by atoms with van der Waals surface area (Å²) >= 11 is 1.57. The van der Waals surface area contributed by atoms with Gasteiger partial charge < -0.3 is 9.47 Å². The van der Waals surface area contributed by atoms with Crippen molar-refractivity contribution in [1.82, 2.24) is 4.72 Å². The summed E-state index contributed by atoms with van der Waals surface area (Å²) in [5.74, 6) is 2.27. The Morgan fingerprint density at radius 1 is 1.12 bits per heavy atom. The zero-order valence-electron chi connectivity index (χ0n) is 14.0. The lowest BCUT2D eigenvalue weighted by Crippen LogP contribution is -2.26. The molecule has 1 aliphatic heterocycles. The van der Waals surface area contributed by atoms with Crippen molar-refractivity contribution in [2.45, 2.75) is 10.6 Å². The topological polar surface area (TPSA) is 88.4 Å². The number of hydrogen-bond acceptors (Lipinski definition) is 6. The monoisotopic (exact) mass is 390 g/mol. The summed E-state index contributed by atoms with van der Waals surface area (Å²) < 4.78 is 38.2. The van der Waals surface area contributed by atoms with Gasteiger partial charge in [-0.2, -0.15) is 17.0 Å². The maximum Gasteiger partial charge on any atom is 0.240 e. The molecule has 3 rings (SSSR count). The van der Waals surface area contributed by atoms with Crippen molar-refractivity contribution in [3.05, 3.63) is 53.6 Å². The molecule has 26 heavy (non-hydrogen) atoms. The van der Waals surface area contributed by atoms with E-state index in [1.807, 2.05) is 18.2 Å². The van der Waals surface area contributed by atoms with Crippen molar-refractivity contribution in [3.8, 4) is 17.6 Å². The minimum atomic E-state index is -3.60. The molecule has 0 saturated heterocycles. The van der Waals surface area contributed by atoms with Crippen molar-refractivity contribution in [3.63, 3.8) is 0 Å². The Labute approximate surface area is 157 Å². The van der Waals surface area contributed by atoms with Gasteiger partial charge in [0.25, 0.3) is 0 Å². The van der Waals surface area contributed by atoms with Crippen LogP contribution in [0.1, 0.15) is 11.1 Å². The van der Waals surface area contributed by atoms with Gasteiger partial charge in [0.2, 0.25) is 10.0 Å². The number of benzene rings is 2. The van der Waals surface area contributed by atoms with Gasteiger partial charge in [-0.05, 0) is 23.8 Å². The minimum Gasteiger partial charge on any atom is -0.486 e. The standard InChI is InChI=1S/C18H18N2O4S2/c19-12-14-3-1-2-4-15(14)13-25-10-7-20-26(21,22)16-5-6-17-18(11-16)24-9-8-23-17/h1-6,11,20H,7-10,13H2. The van der Waals surface area contributed by atoms with Crippen LogP contribution >= 0.6 is 11.8 Å². The Hall–Kier alpha value is -2.21. The van der Waals surface area contributed by atoms with Crippen molar-refractivity contribution < 1.29 is 17.9 Å². The van der Waals surface area contributed by atoms with Crippen LogP contribution in [0, 0.1) is 11.3 Å². The molecule has 6 nitrogen and oxygen atoms in total. The molecule has 0 saturated carbocycles. The Bertz CT molecular complexity index is 923. The number of nitriles is 1. The highest BCUT2D eigenvalue weighted by atomic mass is 32.2. The highest BCUT2D eigenvalue weighted by Gasteiger charge is 2.18. The highest BCUT2D eigenvalue weighted by molar-refractivity contribution is 7.98. The molecule has 8 heteroatoms. The Morgan fingerprint density at radius 3 is 2.69 bits per heavy atom. The van der Waals surface area contributed by atoms with E-state index in [0.717, 1.165) is 5.56 Å². The van der Waals surface area contributed by atoms with Crippen LogP contribution in [0.3, 0.4) is 0 Å². The fourth-order valence-corrected chi connectivity index (χ4v) is 4.50. The van der Waals surface area contributed by atoms with Gasteiger partial charge in [0.15, 0.2) is 11.5 Å². The summed E-state index contributed by atoms with van der Waals surface area (Å²) in [6.45, 7) is 1.17. The predicted octanol–water partition coefficient (Wildman–Crippen LogP) is 2.54. The first-order valence-corrected chi connectivity index (χ1v) is 10.7. The van der Waals surface area contributed by atoms with Crippen LogP contribution in [-0.2, 0) is 15.8 Å². The second-order valence-corrected chi connectivity index (χ2v) is 8.40. The number of thioether (sulfide) groups is 1. The van der Waals surface area contributed by atoms with Crippen LogP contribution in [0.2, 0.25) is 0 Å². The molecule has 1 N–H and O–H groups in total. The predicted molar refractivity (Wildman–Crippen MR) is 99.9 cm³/mol. The SMILES string of the molecule is N#Cc1ccccc1CSCCNS(=O)(=O)c1ccc2c(c1)OCCO2. The van der Waals surface area contributed by atoms with Crippen LogP contribution in [0.25, 0.3) is 0 Å². The molecule has 0 atom stereocenters. The van der Waals surface area contributed by atoms with Crippen molar-refractivity contribution in [2.24, 2.45) is 0 Å². The Balaban J connectivity index is 1.52. The van der Waals surface area contributed by atoms with Gasteiger partial charge in [0, 0.05) is 24.1 Å². The van der Waals surface area contributed by atoms with E-state index in [-0.39, 0.29) is 4.90 Å². The average molecular weight is 390 g/mol. The molecule has 0 aromatic heterocycles. The normalized spacial score (nSPS) is 13.2. The molecule has 1 heterocycles.